The summed E-state index contributed by atoms with van der Waals surface area (Å²) >= 11 is 0. The van der Waals surface area contributed by atoms with Gasteiger partial charge in [0.15, 0.2) is 0 Å². The smallest absolute Gasteiger partial charge is 0.143 e. The molecular formula is C20H25N5O. The number of rotatable bonds is 5. The van der Waals surface area contributed by atoms with Gasteiger partial charge in [-0.3, -0.25) is 0 Å². The molecule has 0 bridgehead atoms. The Bertz CT molecular complexity index is 921. The largest absolute Gasteiger partial charge is 0.492 e. The molecule has 0 spiro atoms. The number of anilines is 1. The van der Waals surface area contributed by atoms with Crippen molar-refractivity contribution >= 4 is 16.9 Å². The van der Waals surface area contributed by atoms with E-state index in [2.05, 4.69) is 39.8 Å². The van der Waals surface area contributed by atoms with Crippen LogP contribution in [0.4, 0.5) is 5.82 Å². The first kappa shape index (κ1) is 16.8. The monoisotopic (exact) mass is 351 g/mol. The van der Waals surface area contributed by atoms with Crippen LogP contribution in [0.1, 0.15) is 24.5 Å². The number of benzene rings is 1. The van der Waals surface area contributed by atoms with Gasteiger partial charge >= 0.3 is 0 Å². The highest BCUT2D eigenvalue weighted by Crippen LogP contribution is 2.31. The molecule has 1 aliphatic rings. The van der Waals surface area contributed by atoms with Gasteiger partial charge in [-0.05, 0) is 43.0 Å². The minimum Gasteiger partial charge on any atom is -0.492 e. The number of nitrogens with one attached hydrogen (secondary N) is 1. The summed E-state index contributed by atoms with van der Waals surface area (Å²) in [5.41, 5.74) is 9.57. The summed E-state index contributed by atoms with van der Waals surface area (Å²) in [7, 11) is 0. The van der Waals surface area contributed by atoms with E-state index in [0.29, 0.717) is 6.61 Å². The first-order valence-corrected chi connectivity index (χ1v) is 9.12. The zero-order valence-corrected chi connectivity index (χ0v) is 15.3. The van der Waals surface area contributed by atoms with Crippen LogP contribution in [0.15, 0.2) is 36.8 Å². The van der Waals surface area contributed by atoms with Crippen molar-refractivity contribution in [1.29, 1.82) is 0 Å². The highest BCUT2D eigenvalue weighted by Gasteiger charge is 2.37. The molecule has 1 atom stereocenters. The Balaban J connectivity index is 1.52. The number of nitrogens with two attached hydrogens (primary N) is 1. The molecule has 6 heteroatoms. The Morgan fingerprint density at radius 1 is 1.35 bits per heavy atom. The van der Waals surface area contributed by atoms with Crippen molar-refractivity contribution in [2.75, 3.05) is 24.6 Å². The number of fused-ring (bicyclic) bond motifs is 1. The Morgan fingerprint density at radius 2 is 2.23 bits per heavy atom. The van der Waals surface area contributed by atoms with E-state index >= 15 is 0 Å². The van der Waals surface area contributed by atoms with Crippen molar-refractivity contribution in [2.24, 2.45) is 5.73 Å². The van der Waals surface area contributed by atoms with E-state index in [1.54, 1.807) is 6.33 Å². The van der Waals surface area contributed by atoms with Crippen LogP contribution < -0.4 is 15.4 Å². The summed E-state index contributed by atoms with van der Waals surface area (Å²) in [4.78, 5) is 14.4. The second-order valence-corrected chi connectivity index (χ2v) is 7.23. The van der Waals surface area contributed by atoms with Crippen LogP contribution in [-0.4, -0.2) is 40.2 Å². The molecular weight excluding hydrogens is 326 g/mol. The molecule has 0 saturated carbocycles. The Kier molecular flexibility index (Phi) is 4.28. The summed E-state index contributed by atoms with van der Waals surface area (Å²) in [5, 5.41) is 1.11. The van der Waals surface area contributed by atoms with E-state index < -0.39 is 0 Å². The Morgan fingerprint density at radius 3 is 3.04 bits per heavy atom. The number of nitrogens with zero attached hydrogens (tertiary/aromatic N) is 3. The third-order valence-corrected chi connectivity index (χ3v) is 5.11. The molecule has 4 rings (SSSR count). The zero-order valence-electron chi connectivity index (χ0n) is 15.3. The molecule has 1 unspecified atom stereocenters. The van der Waals surface area contributed by atoms with E-state index in [1.165, 1.54) is 11.1 Å². The second-order valence-electron chi connectivity index (χ2n) is 7.23. The van der Waals surface area contributed by atoms with Crippen molar-refractivity contribution in [3.8, 4) is 5.75 Å². The molecule has 136 valence electrons. The predicted octanol–water partition coefficient (Wildman–Crippen LogP) is 2.82. The molecule has 1 saturated heterocycles. The maximum atomic E-state index is 6.64. The lowest BCUT2D eigenvalue weighted by molar-refractivity contribution is 0.231. The van der Waals surface area contributed by atoms with Crippen LogP contribution in [-0.2, 0) is 6.42 Å². The van der Waals surface area contributed by atoms with Gasteiger partial charge in [-0.1, -0.05) is 19.1 Å². The van der Waals surface area contributed by atoms with E-state index in [0.717, 1.165) is 48.5 Å². The van der Waals surface area contributed by atoms with Crippen LogP contribution in [0.5, 0.6) is 5.75 Å². The fourth-order valence-electron chi connectivity index (χ4n) is 3.65. The number of H-pyrrole nitrogens is 1. The second kappa shape index (κ2) is 6.61. The van der Waals surface area contributed by atoms with Crippen LogP contribution in [0, 0.1) is 6.92 Å². The normalized spacial score (nSPS) is 20.0. The van der Waals surface area contributed by atoms with Crippen molar-refractivity contribution < 1.29 is 4.74 Å². The summed E-state index contributed by atoms with van der Waals surface area (Å²) < 4.78 is 5.98. The van der Waals surface area contributed by atoms with Gasteiger partial charge in [-0.2, -0.15) is 0 Å². The summed E-state index contributed by atoms with van der Waals surface area (Å²) in [5.74, 6) is 1.84. The molecule has 0 radical (unpaired) electrons. The van der Waals surface area contributed by atoms with Gasteiger partial charge in [0.1, 0.15) is 30.1 Å². The Hall–Kier alpha value is -2.60. The van der Waals surface area contributed by atoms with Gasteiger partial charge in [0, 0.05) is 19.3 Å². The lowest BCUT2D eigenvalue weighted by atomic mass is 10.0. The molecule has 6 nitrogen and oxygen atoms in total. The molecule has 1 aliphatic heterocycles. The number of aromatic nitrogens is 3. The number of hydrogen-bond acceptors (Lipinski definition) is 5. The SMILES string of the molecule is CCc1c[nH]c2ncnc(N3CCC(N)(COc4cccc(C)c4)C3)c12. The fourth-order valence-corrected chi connectivity index (χ4v) is 3.65. The van der Waals surface area contributed by atoms with E-state index in [4.69, 9.17) is 10.5 Å². The van der Waals surface area contributed by atoms with Crippen molar-refractivity contribution in [3.05, 3.63) is 47.9 Å². The molecule has 3 heterocycles. The van der Waals surface area contributed by atoms with E-state index in [1.807, 2.05) is 24.4 Å². The molecule has 0 aliphatic carbocycles. The molecule has 0 amide bonds. The van der Waals surface area contributed by atoms with Gasteiger partial charge < -0.3 is 20.4 Å². The van der Waals surface area contributed by atoms with Gasteiger partial charge in [-0.25, -0.2) is 9.97 Å². The van der Waals surface area contributed by atoms with E-state index in [-0.39, 0.29) is 5.54 Å². The van der Waals surface area contributed by atoms with Crippen LogP contribution in [0.2, 0.25) is 0 Å². The molecule has 3 aromatic rings. The quantitative estimate of drug-likeness (QED) is 0.739. The minimum atomic E-state index is -0.385. The van der Waals surface area contributed by atoms with Gasteiger partial charge in [0.05, 0.1) is 10.9 Å². The summed E-state index contributed by atoms with van der Waals surface area (Å²) in [6.45, 7) is 6.29. The highest BCUT2D eigenvalue weighted by molar-refractivity contribution is 5.91. The number of hydrogen-bond donors (Lipinski definition) is 2. The van der Waals surface area contributed by atoms with Crippen LogP contribution in [0.3, 0.4) is 0 Å². The van der Waals surface area contributed by atoms with Crippen molar-refractivity contribution in [1.82, 2.24) is 15.0 Å². The third-order valence-electron chi connectivity index (χ3n) is 5.11. The molecule has 3 N–H and O–H groups in total. The van der Waals surface area contributed by atoms with Gasteiger partial charge in [0.25, 0.3) is 0 Å². The topological polar surface area (TPSA) is 80.1 Å². The standard InChI is InChI=1S/C20H25N5O/c1-3-15-10-22-18-17(15)19(24-13-23-18)25-8-7-20(21,11-25)12-26-16-6-4-5-14(2)9-16/h4-6,9-10,13H,3,7-8,11-12,21H2,1-2H3,(H,22,23,24). The molecule has 2 aromatic heterocycles. The molecule has 26 heavy (non-hydrogen) atoms. The minimum absolute atomic E-state index is 0.385. The van der Waals surface area contributed by atoms with Crippen LogP contribution >= 0.6 is 0 Å². The first-order chi connectivity index (χ1) is 12.6. The highest BCUT2D eigenvalue weighted by atomic mass is 16.5. The van der Waals surface area contributed by atoms with Crippen LogP contribution in [0.25, 0.3) is 11.0 Å². The maximum Gasteiger partial charge on any atom is 0.143 e. The predicted molar refractivity (Wildman–Crippen MR) is 104 cm³/mol. The van der Waals surface area contributed by atoms with Gasteiger partial charge in [-0.15, -0.1) is 0 Å². The average molecular weight is 351 g/mol. The average Bonchev–Trinajstić information content (AvgIpc) is 3.24. The summed E-state index contributed by atoms with van der Waals surface area (Å²) in [6.07, 6.45) is 5.46. The fraction of sp³-hybridized carbons (Fsp3) is 0.400. The lowest BCUT2D eigenvalue weighted by Crippen LogP contribution is -2.48. The Labute approximate surface area is 153 Å². The first-order valence-electron chi connectivity index (χ1n) is 9.12. The summed E-state index contributed by atoms with van der Waals surface area (Å²) in [6, 6.07) is 8.08. The van der Waals surface area contributed by atoms with Crippen molar-refractivity contribution in [3.63, 3.8) is 0 Å². The number of ether oxygens (including phenoxy) is 1. The number of aryl methyl sites for hydroxylation is 2. The third kappa shape index (κ3) is 3.12. The molecule has 1 fully saturated rings. The van der Waals surface area contributed by atoms with Crippen molar-refractivity contribution in [2.45, 2.75) is 32.2 Å². The zero-order chi connectivity index (χ0) is 18.1. The number of aromatic amines is 1. The van der Waals surface area contributed by atoms with E-state index in [9.17, 15) is 0 Å². The lowest BCUT2D eigenvalue weighted by Gasteiger charge is -2.25. The maximum absolute atomic E-state index is 6.64. The molecule has 1 aromatic carbocycles. The van der Waals surface area contributed by atoms with Gasteiger partial charge in [0.2, 0.25) is 0 Å².